The van der Waals surface area contributed by atoms with Gasteiger partial charge in [0.1, 0.15) is 16.2 Å². The van der Waals surface area contributed by atoms with Gasteiger partial charge in [-0.15, -0.1) is 0 Å². The second-order valence-electron chi connectivity index (χ2n) is 5.45. The number of halogens is 1. The van der Waals surface area contributed by atoms with E-state index < -0.39 is 0 Å². The fourth-order valence-electron chi connectivity index (χ4n) is 2.53. The Labute approximate surface area is 116 Å². The molecule has 2 heterocycles. The number of rotatable bonds is 3. The third-order valence-corrected chi connectivity index (χ3v) is 4.04. The molecule has 0 radical (unpaired) electrons. The molecule has 4 nitrogen and oxygen atoms in total. The second-order valence-corrected chi connectivity index (χ2v) is 6.27. The fourth-order valence-corrected chi connectivity index (χ4v) is 2.93. The first kappa shape index (κ1) is 12.4. The first-order valence-corrected chi connectivity index (χ1v) is 7.49. The van der Waals surface area contributed by atoms with E-state index in [2.05, 4.69) is 43.2 Å². The number of hydrogen-bond acceptors (Lipinski definition) is 4. The Kier molecular flexibility index (Phi) is 3.52. The smallest absolute Gasteiger partial charge is 0.135 e. The molecule has 98 valence electrons. The molecule has 2 fully saturated rings. The molecule has 1 N–H and O–H groups in total. The Morgan fingerprint density at radius 2 is 2.17 bits per heavy atom. The maximum atomic E-state index is 4.64. The van der Waals surface area contributed by atoms with Crippen molar-refractivity contribution in [3.63, 3.8) is 0 Å². The van der Waals surface area contributed by atoms with Crippen LogP contribution in [0.1, 0.15) is 37.4 Å². The molecule has 0 spiro atoms. The molecule has 1 aliphatic carbocycles. The Morgan fingerprint density at radius 1 is 1.33 bits per heavy atom. The van der Waals surface area contributed by atoms with Crippen LogP contribution in [0.2, 0.25) is 0 Å². The second kappa shape index (κ2) is 5.13. The van der Waals surface area contributed by atoms with Gasteiger partial charge >= 0.3 is 0 Å². The van der Waals surface area contributed by atoms with Gasteiger partial charge in [-0.25, -0.2) is 9.97 Å². The third kappa shape index (κ3) is 3.01. The number of hydrogen-bond donors (Lipinski definition) is 1. The average Bonchev–Trinajstić information content (AvgIpc) is 3.11. The van der Waals surface area contributed by atoms with E-state index in [-0.39, 0.29) is 0 Å². The van der Waals surface area contributed by atoms with Gasteiger partial charge in [-0.2, -0.15) is 0 Å². The molecule has 1 saturated carbocycles. The number of nitrogens with zero attached hydrogens (tertiary/aromatic N) is 3. The summed E-state index contributed by atoms with van der Waals surface area (Å²) in [6, 6.07) is 2.50. The summed E-state index contributed by atoms with van der Waals surface area (Å²) in [4.78, 5) is 11.5. The van der Waals surface area contributed by atoms with Gasteiger partial charge in [0.15, 0.2) is 0 Å². The van der Waals surface area contributed by atoms with Crippen LogP contribution in [0.25, 0.3) is 0 Å². The van der Waals surface area contributed by atoms with Crippen LogP contribution < -0.4 is 5.32 Å². The van der Waals surface area contributed by atoms with Crippen LogP contribution >= 0.6 is 15.9 Å². The van der Waals surface area contributed by atoms with Crippen LogP contribution in [-0.2, 0) is 0 Å². The topological polar surface area (TPSA) is 41.0 Å². The number of aromatic nitrogens is 2. The molecule has 2 aliphatic rings. The highest BCUT2D eigenvalue weighted by atomic mass is 79.9. The highest BCUT2D eigenvalue weighted by Gasteiger charge is 2.27. The lowest BCUT2D eigenvalue weighted by Crippen LogP contribution is -2.39. The number of likely N-dealkylation sites (tertiary alicyclic amines) is 1. The van der Waals surface area contributed by atoms with Crippen molar-refractivity contribution in [2.45, 2.75) is 37.6 Å². The van der Waals surface area contributed by atoms with E-state index in [4.69, 9.17) is 0 Å². The lowest BCUT2D eigenvalue weighted by Gasteiger charge is -2.30. The van der Waals surface area contributed by atoms with Crippen molar-refractivity contribution in [3.05, 3.63) is 16.5 Å². The third-order valence-electron chi connectivity index (χ3n) is 3.63. The van der Waals surface area contributed by atoms with Gasteiger partial charge in [0, 0.05) is 24.6 Å². The molecule has 18 heavy (non-hydrogen) atoms. The molecule has 5 heteroatoms. The Balaban J connectivity index is 1.71. The van der Waals surface area contributed by atoms with Crippen molar-refractivity contribution in [3.8, 4) is 0 Å². The fraction of sp³-hybridized carbons (Fsp3) is 0.692. The van der Waals surface area contributed by atoms with Gasteiger partial charge in [0.25, 0.3) is 0 Å². The predicted octanol–water partition coefficient (Wildman–Crippen LogP) is 2.62. The van der Waals surface area contributed by atoms with Gasteiger partial charge in [-0.05, 0) is 55.2 Å². The standard InChI is InChI=1S/C13H19BrN4/c1-18-6-2-3-10(8-18)15-12-7-11(14)16-13(17-12)9-4-5-9/h7,9-10H,2-6,8H2,1H3,(H,15,16,17). The van der Waals surface area contributed by atoms with Crippen LogP contribution in [0.15, 0.2) is 10.7 Å². The van der Waals surface area contributed by atoms with Gasteiger partial charge in [0.2, 0.25) is 0 Å². The molecular weight excluding hydrogens is 292 g/mol. The highest BCUT2D eigenvalue weighted by Crippen LogP contribution is 2.38. The van der Waals surface area contributed by atoms with Gasteiger partial charge < -0.3 is 10.2 Å². The van der Waals surface area contributed by atoms with E-state index in [1.807, 2.05) is 6.07 Å². The van der Waals surface area contributed by atoms with E-state index in [1.54, 1.807) is 0 Å². The van der Waals surface area contributed by atoms with E-state index in [0.717, 1.165) is 22.8 Å². The predicted molar refractivity (Wildman–Crippen MR) is 75.8 cm³/mol. The van der Waals surface area contributed by atoms with Crippen molar-refractivity contribution in [2.75, 3.05) is 25.5 Å². The van der Waals surface area contributed by atoms with Crippen LogP contribution in [0.4, 0.5) is 5.82 Å². The first-order chi connectivity index (χ1) is 8.70. The lowest BCUT2D eigenvalue weighted by atomic mass is 10.1. The molecular formula is C13H19BrN4. The van der Waals surface area contributed by atoms with E-state index in [1.165, 1.54) is 32.2 Å². The van der Waals surface area contributed by atoms with Crippen LogP contribution in [0, 0.1) is 0 Å². The van der Waals surface area contributed by atoms with Crippen LogP contribution in [0.5, 0.6) is 0 Å². The summed E-state index contributed by atoms with van der Waals surface area (Å²) < 4.78 is 0.895. The normalized spacial score (nSPS) is 25.1. The van der Waals surface area contributed by atoms with E-state index in [9.17, 15) is 0 Å². The molecule has 1 aliphatic heterocycles. The summed E-state index contributed by atoms with van der Waals surface area (Å²) in [6.07, 6.45) is 4.96. The number of piperidine rings is 1. The quantitative estimate of drug-likeness (QED) is 0.871. The van der Waals surface area contributed by atoms with Crippen LogP contribution in [0.3, 0.4) is 0 Å². The van der Waals surface area contributed by atoms with Gasteiger partial charge in [0.05, 0.1) is 0 Å². The number of nitrogens with one attached hydrogen (secondary N) is 1. The van der Waals surface area contributed by atoms with Gasteiger partial charge in [-0.3, -0.25) is 0 Å². The first-order valence-electron chi connectivity index (χ1n) is 6.70. The Hall–Kier alpha value is -0.680. The maximum absolute atomic E-state index is 4.64. The number of likely N-dealkylation sites (N-methyl/N-ethyl adjacent to an activating group) is 1. The van der Waals surface area contributed by atoms with E-state index in [0.29, 0.717) is 12.0 Å². The van der Waals surface area contributed by atoms with Crippen LogP contribution in [-0.4, -0.2) is 41.0 Å². The van der Waals surface area contributed by atoms with Crippen molar-refractivity contribution < 1.29 is 0 Å². The number of anilines is 1. The van der Waals surface area contributed by atoms with Crippen molar-refractivity contribution >= 4 is 21.7 Å². The molecule has 1 aromatic heterocycles. The largest absolute Gasteiger partial charge is 0.366 e. The average molecular weight is 311 g/mol. The zero-order valence-electron chi connectivity index (χ0n) is 10.7. The molecule has 1 atom stereocenters. The summed E-state index contributed by atoms with van der Waals surface area (Å²) in [5, 5.41) is 3.55. The SMILES string of the molecule is CN1CCCC(Nc2cc(Br)nc(C3CC3)n2)C1. The Bertz CT molecular complexity index is 433. The van der Waals surface area contributed by atoms with E-state index >= 15 is 0 Å². The molecule has 1 saturated heterocycles. The molecule has 1 aromatic rings. The van der Waals surface area contributed by atoms with Gasteiger partial charge in [-0.1, -0.05) is 0 Å². The summed E-state index contributed by atoms with van der Waals surface area (Å²) in [6.45, 7) is 2.30. The molecule has 0 bridgehead atoms. The molecule has 0 amide bonds. The lowest BCUT2D eigenvalue weighted by molar-refractivity contribution is 0.260. The zero-order chi connectivity index (χ0) is 12.5. The molecule has 0 aromatic carbocycles. The van der Waals surface area contributed by atoms with Crippen molar-refractivity contribution in [2.24, 2.45) is 0 Å². The molecule has 3 rings (SSSR count). The zero-order valence-corrected chi connectivity index (χ0v) is 12.3. The summed E-state index contributed by atoms with van der Waals surface area (Å²) in [7, 11) is 2.18. The maximum Gasteiger partial charge on any atom is 0.135 e. The van der Waals surface area contributed by atoms with Crippen molar-refractivity contribution in [1.29, 1.82) is 0 Å². The minimum atomic E-state index is 0.512. The summed E-state index contributed by atoms with van der Waals surface area (Å²) in [5.74, 6) is 2.56. The Morgan fingerprint density at radius 3 is 2.89 bits per heavy atom. The minimum Gasteiger partial charge on any atom is -0.366 e. The monoisotopic (exact) mass is 310 g/mol. The minimum absolute atomic E-state index is 0.512. The summed E-state index contributed by atoms with van der Waals surface area (Å²) >= 11 is 3.48. The molecule has 1 unspecified atom stereocenters. The van der Waals surface area contributed by atoms with Crippen molar-refractivity contribution in [1.82, 2.24) is 14.9 Å². The highest BCUT2D eigenvalue weighted by molar-refractivity contribution is 9.10. The summed E-state index contributed by atoms with van der Waals surface area (Å²) in [5.41, 5.74) is 0.